The zero-order valence-electron chi connectivity index (χ0n) is 17.6. The zero-order valence-corrected chi connectivity index (χ0v) is 18.4. The van der Waals surface area contributed by atoms with Crippen LogP contribution in [0.3, 0.4) is 0 Å². The number of hydrogen-bond acceptors (Lipinski definition) is 4. The van der Waals surface area contributed by atoms with E-state index >= 15 is 0 Å². The molecule has 160 valence electrons. The molecule has 5 nitrogen and oxygen atoms in total. The van der Waals surface area contributed by atoms with Gasteiger partial charge >= 0.3 is 0 Å². The minimum atomic E-state index is -0.157. The van der Waals surface area contributed by atoms with E-state index in [-0.39, 0.29) is 5.91 Å². The standard InChI is InChI=1S/C24H29ClN2O3/c1-3-30-22-15-18(14-21(25)24(22)29-2)10-11-23(28)26-16-19-8-4-5-9-20(19)17-27-12-6-7-13-27/h4-5,8-11,14-15H,3,6-7,12-13,16-17H2,1-2H3,(H,26,28)/b11-10+. The smallest absolute Gasteiger partial charge is 0.244 e. The summed E-state index contributed by atoms with van der Waals surface area (Å²) in [6.45, 7) is 6.13. The minimum absolute atomic E-state index is 0.157. The highest BCUT2D eigenvalue weighted by atomic mass is 35.5. The molecule has 2 aromatic carbocycles. The fraction of sp³-hybridized carbons (Fsp3) is 0.375. The predicted molar refractivity (Wildman–Crippen MR) is 121 cm³/mol. The van der Waals surface area contributed by atoms with Crippen LogP contribution in [-0.2, 0) is 17.9 Å². The maximum Gasteiger partial charge on any atom is 0.244 e. The van der Waals surface area contributed by atoms with E-state index in [1.807, 2.05) is 19.1 Å². The maximum atomic E-state index is 12.4. The Morgan fingerprint density at radius 3 is 2.63 bits per heavy atom. The molecule has 1 fully saturated rings. The lowest BCUT2D eigenvalue weighted by Crippen LogP contribution is -2.23. The molecule has 0 spiro atoms. The second-order valence-electron chi connectivity index (χ2n) is 7.27. The lowest BCUT2D eigenvalue weighted by Gasteiger charge is -2.17. The summed E-state index contributed by atoms with van der Waals surface area (Å²) in [6, 6.07) is 11.8. The average molecular weight is 429 g/mol. The van der Waals surface area contributed by atoms with Crippen molar-refractivity contribution >= 4 is 23.6 Å². The lowest BCUT2D eigenvalue weighted by atomic mass is 10.1. The number of likely N-dealkylation sites (tertiary alicyclic amines) is 1. The molecule has 30 heavy (non-hydrogen) atoms. The number of ether oxygens (including phenoxy) is 2. The van der Waals surface area contributed by atoms with Gasteiger partial charge in [0, 0.05) is 19.2 Å². The summed E-state index contributed by atoms with van der Waals surface area (Å²) in [4.78, 5) is 14.8. The van der Waals surface area contributed by atoms with E-state index in [9.17, 15) is 4.79 Å². The van der Waals surface area contributed by atoms with Crippen molar-refractivity contribution in [3.05, 3.63) is 64.2 Å². The number of nitrogens with zero attached hydrogens (tertiary/aromatic N) is 1. The maximum absolute atomic E-state index is 12.4. The molecule has 0 atom stereocenters. The molecule has 1 N–H and O–H groups in total. The van der Waals surface area contributed by atoms with Crippen LogP contribution in [0, 0.1) is 0 Å². The Labute approximate surface area is 183 Å². The number of halogens is 1. The van der Waals surface area contributed by atoms with Crippen LogP contribution in [0.5, 0.6) is 11.5 Å². The van der Waals surface area contributed by atoms with Crippen LogP contribution in [-0.4, -0.2) is 37.6 Å². The summed E-state index contributed by atoms with van der Waals surface area (Å²) in [5.41, 5.74) is 3.19. The molecule has 0 aromatic heterocycles. The van der Waals surface area contributed by atoms with Gasteiger partial charge in [-0.1, -0.05) is 35.9 Å². The average Bonchev–Trinajstić information content (AvgIpc) is 3.25. The molecule has 0 saturated carbocycles. The Morgan fingerprint density at radius 2 is 1.93 bits per heavy atom. The van der Waals surface area contributed by atoms with Gasteiger partial charge in [-0.2, -0.15) is 0 Å². The molecule has 1 saturated heterocycles. The number of amides is 1. The van der Waals surface area contributed by atoms with Gasteiger partial charge in [0.05, 0.1) is 18.7 Å². The van der Waals surface area contributed by atoms with E-state index in [1.54, 1.807) is 19.3 Å². The lowest BCUT2D eigenvalue weighted by molar-refractivity contribution is -0.116. The van der Waals surface area contributed by atoms with E-state index in [2.05, 4.69) is 28.4 Å². The third-order valence-electron chi connectivity index (χ3n) is 5.13. The quantitative estimate of drug-likeness (QED) is 0.589. The number of carbonyl (C=O) groups excluding carboxylic acids is 1. The van der Waals surface area contributed by atoms with E-state index < -0.39 is 0 Å². The van der Waals surface area contributed by atoms with Crippen LogP contribution < -0.4 is 14.8 Å². The third-order valence-corrected chi connectivity index (χ3v) is 5.41. The topological polar surface area (TPSA) is 50.8 Å². The second kappa shape index (κ2) is 11.0. The number of methoxy groups -OCH3 is 1. The Kier molecular flexibility index (Phi) is 8.17. The number of benzene rings is 2. The van der Waals surface area contributed by atoms with E-state index in [1.165, 1.54) is 24.5 Å². The van der Waals surface area contributed by atoms with Crippen molar-refractivity contribution in [1.29, 1.82) is 0 Å². The van der Waals surface area contributed by atoms with Crippen molar-refractivity contribution in [3.63, 3.8) is 0 Å². The first kappa shape index (κ1) is 22.2. The van der Waals surface area contributed by atoms with Crippen molar-refractivity contribution in [1.82, 2.24) is 10.2 Å². The van der Waals surface area contributed by atoms with Crippen molar-refractivity contribution in [2.45, 2.75) is 32.9 Å². The Balaban J connectivity index is 1.62. The monoisotopic (exact) mass is 428 g/mol. The highest BCUT2D eigenvalue weighted by molar-refractivity contribution is 6.32. The fourth-order valence-corrected chi connectivity index (χ4v) is 3.92. The summed E-state index contributed by atoms with van der Waals surface area (Å²) in [5, 5.41) is 3.42. The van der Waals surface area contributed by atoms with Gasteiger partial charge in [0.25, 0.3) is 0 Å². The van der Waals surface area contributed by atoms with Gasteiger partial charge in [-0.3, -0.25) is 9.69 Å². The van der Waals surface area contributed by atoms with Crippen molar-refractivity contribution in [2.24, 2.45) is 0 Å². The summed E-state index contributed by atoms with van der Waals surface area (Å²) in [7, 11) is 1.55. The number of carbonyl (C=O) groups is 1. The molecule has 0 bridgehead atoms. The van der Waals surface area contributed by atoms with E-state index in [4.69, 9.17) is 21.1 Å². The SMILES string of the molecule is CCOc1cc(/C=C/C(=O)NCc2ccccc2CN2CCCC2)cc(Cl)c1OC. The van der Waals surface area contributed by atoms with Gasteiger partial charge in [-0.05, 0) is 67.8 Å². The van der Waals surface area contributed by atoms with Crippen LogP contribution >= 0.6 is 11.6 Å². The minimum Gasteiger partial charge on any atom is -0.491 e. The van der Waals surface area contributed by atoms with Crippen LogP contribution in [0.25, 0.3) is 6.08 Å². The van der Waals surface area contributed by atoms with Crippen LogP contribution in [0.15, 0.2) is 42.5 Å². The number of hydrogen-bond donors (Lipinski definition) is 1. The molecule has 1 heterocycles. The molecule has 1 amide bonds. The largest absolute Gasteiger partial charge is 0.491 e. The van der Waals surface area contributed by atoms with Gasteiger partial charge in [0.2, 0.25) is 5.91 Å². The first-order chi connectivity index (χ1) is 14.6. The molecule has 1 aliphatic rings. The first-order valence-corrected chi connectivity index (χ1v) is 10.7. The Morgan fingerprint density at radius 1 is 1.20 bits per heavy atom. The molecule has 3 rings (SSSR count). The summed E-state index contributed by atoms with van der Waals surface area (Å²) in [5.74, 6) is 0.897. The highest BCUT2D eigenvalue weighted by Gasteiger charge is 2.14. The normalized spacial score (nSPS) is 14.2. The van der Waals surface area contributed by atoms with Crippen molar-refractivity contribution in [2.75, 3.05) is 26.8 Å². The molecule has 0 radical (unpaired) electrons. The number of nitrogens with one attached hydrogen (secondary N) is 1. The summed E-state index contributed by atoms with van der Waals surface area (Å²) in [6.07, 6.45) is 5.77. The van der Waals surface area contributed by atoms with Gasteiger partial charge in [-0.15, -0.1) is 0 Å². The molecule has 0 unspecified atom stereocenters. The fourth-order valence-electron chi connectivity index (χ4n) is 3.62. The first-order valence-electron chi connectivity index (χ1n) is 10.4. The molecule has 6 heteroatoms. The molecular weight excluding hydrogens is 400 g/mol. The second-order valence-corrected chi connectivity index (χ2v) is 7.68. The molecule has 1 aliphatic heterocycles. The summed E-state index contributed by atoms with van der Waals surface area (Å²) < 4.78 is 10.9. The zero-order chi connectivity index (χ0) is 21.3. The van der Waals surface area contributed by atoms with Gasteiger partial charge in [0.1, 0.15) is 0 Å². The van der Waals surface area contributed by atoms with Gasteiger partial charge < -0.3 is 14.8 Å². The Bertz CT molecular complexity index is 892. The van der Waals surface area contributed by atoms with Crippen molar-refractivity contribution < 1.29 is 14.3 Å². The predicted octanol–water partition coefficient (Wildman–Crippen LogP) is 4.67. The van der Waals surface area contributed by atoms with Gasteiger partial charge in [-0.25, -0.2) is 0 Å². The van der Waals surface area contributed by atoms with Crippen molar-refractivity contribution in [3.8, 4) is 11.5 Å². The molecular formula is C24H29ClN2O3. The van der Waals surface area contributed by atoms with Gasteiger partial charge in [0.15, 0.2) is 11.5 Å². The van der Waals surface area contributed by atoms with Crippen LogP contribution in [0.2, 0.25) is 5.02 Å². The van der Waals surface area contributed by atoms with E-state index in [0.717, 1.165) is 30.8 Å². The Hall–Kier alpha value is -2.50. The van der Waals surface area contributed by atoms with Crippen LogP contribution in [0.4, 0.5) is 0 Å². The molecule has 0 aliphatic carbocycles. The summed E-state index contributed by atoms with van der Waals surface area (Å²) >= 11 is 6.27. The third kappa shape index (κ3) is 6.00. The van der Waals surface area contributed by atoms with E-state index in [0.29, 0.717) is 29.7 Å². The number of rotatable bonds is 9. The van der Waals surface area contributed by atoms with Crippen LogP contribution in [0.1, 0.15) is 36.5 Å². The molecule has 2 aromatic rings. The highest BCUT2D eigenvalue weighted by Crippen LogP contribution is 2.36.